The Hall–Kier alpha value is -0.810. The maximum absolute atomic E-state index is 5.92. The first-order chi connectivity index (χ1) is 8.72. The van der Waals surface area contributed by atoms with E-state index in [1.54, 1.807) is 23.1 Å². The van der Waals surface area contributed by atoms with Crippen molar-refractivity contribution in [3.05, 3.63) is 46.0 Å². The predicted octanol–water partition coefficient (Wildman–Crippen LogP) is 5.15. The molecule has 2 nitrogen and oxygen atoms in total. The second-order valence-electron chi connectivity index (χ2n) is 3.49. The Labute approximate surface area is 122 Å². The van der Waals surface area contributed by atoms with Gasteiger partial charge in [0.05, 0.1) is 0 Å². The van der Waals surface area contributed by atoms with E-state index in [9.17, 15) is 0 Å². The molecule has 0 saturated carbocycles. The van der Waals surface area contributed by atoms with Crippen molar-refractivity contribution < 1.29 is 0 Å². The molecule has 3 rings (SSSR count). The van der Waals surface area contributed by atoms with Gasteiger partial charge in [0.15, 0.2) is 0 Å². The first-order valence-corrected chi connectivity index (χ1v) is 7.52. The number of benzene rings is 1. The molecule has 0 spiro atoms. The highest BCUT2D eigenvalue weighted by molar-refractivity contribution is 7.99. The summed E-state index contributed by atoms with van der Waals surface area (Å²) in [5.74, 6) is 0. The van der Waals surface area contributed by atoms with Gasteiger partial charge in [-0.3, -0.25) is 0 Å². The van der Waals surface area contributed by atoms with Crippen LogP contribution >= 0.6 is 46.3 Å². The molecule has 2 aromatic heterocycles. The van der Waals surface area contributed by atoms with Crippen molar-refractivity contribution in [1.82, 2.24) is 9.97 Å². The Morgan fingerprint density at radius 2 is 1.78 bits per heavy atom. The molecule has 0 atom stereocenters. The van der Waals surface area contributed by atoms with Gasteiger partial charge in [-0.25, -0.2) is 9.97 Å². The monoisotopic (exact) mass is 312 g/mol. The fourth-order valence-electron chi connectivity index (χ4n) is 1.50. The van der Waals surface area contributed by atoms with Crippen LogP contribution in [0.15, 0.2) is 45.6 Å². The Bertz CT molecular complexity index is 695. The maximum atomic E-state index is 5.92. The van der Waals surface area contributed by atoms with E-state index in [1.807, 2.05) is 35.7 Å². The molecule has 3 aromatic rings. The van der Waals surface area contributed by atoms with Gasteiger partial charge in [-0.15, -0.1) is 11.3 Å². The molecule has 0 fully saturated rings. The van der Waals surface area contributed by atoms with Crippen molar-refractivity contribution in [3.8, 4) is 0 Å². The van der Waals surface area contributed by atoms with Gasteiger partial charge in [0.1, 0.15) is 9.86 Å². The standard InChI is InChI=1S/C12H6Cl2N2S2/c13-7-1-3-8(4-2-7)18-11-9-5-6-17-10(9)15-12(14)16-11/h1-6H. The second-order valence-corrected chi connectivity index (χ2v) is 6.22. The topological polar surface area (TPSA) is 25.8 Å². The van der Waals surface area contributed by atoms with Crippen LogP contribution in [0.5, 0.6) is 0 Å². The van der Waals surface area contributed by atoms with Crippen molar-refractivity contribution in [3.63, 3.8) is 0 Å². The minimum absolute atomic E-state index is 0.279. The molecule has 0 radical (unpaired) electrons. The highest BCUT2D eigenvalue weighted by Crippen LogP contribution is 2.34. The van der Waals surface area contributed by atoms with Crippen molar-refractivity contribution >= 4 is 56.5 Å². The average molecular weight is 313 g/mol. The van der Waals surface area contributed by atoms with Crippen molar-refractivity contribution in [1.29, 1.82) is 0 Å². The molecule has 0 unspecified atom stereocenters. The van der Waals surface area contributed by atoms with E-state index < -0.39 is 0 Å². The van der Waals surface area contributed by atoms with Gasteiger partial charge in [0.25, 0.3) is 0 Å². The number of hydrogen-bond donors (Lipinski definition) is 0. The SMILES string of the molecule is Clc1ccc(Sc2nc(Cl)nc3sccc23)cc1. The summed E-state index contributed by atoms with van der Waals surface area (Å²) in [5, 5.41) is 4.89. The number of fused-ring (bicyclic) bond motifs is 1. The highest BCUT2D eigenvalue weighted by Gasteiger charge is 2.09. The van der Waals surface area contributed by atoms with E-state index in [2.05, 4.69) is 9.97 Å². The molecule has 1 aromatic carbocycles. The third-order valence-electron chi connectivity index (χ3n) is 2.29. The summed E-state index contributed by atoms with van der Waals surface area (Å²) < 4.78 is 0. The van der Waals surface area contributed by atoms with E-state index in [4.69, 9.17) is 23.2 Å². The smallest absolute Gasteiger partial charge is 0.210 e. The number of aromatic nitrogens is 2. The summed E-state index contributed by atoms with van der Waals surface area (Å²) in [7, 11) is 0. The van der Waals surface area contributed by atoms with E-state index >= 15 is 0 Å². The lowest BCUT2D eigenvalue weighted by Crippen LogP contribution is -1.86. The number of nitrogens with zero attached hydrogens (tertiary/aromatic N) is 2. The van der Waals surface area contributed by atoms with Gasteiger partial charge < -0.3 is 0 Å². The lowest BCUT2D eigenvalue weighted by Gasteiger charge is -2.03. The summed E-state index contributed by atoms with van der Waals surface area (Å²) in [5.41, 5.74) is 0. The molecule has 2 heterocycles. The molecular weight excluding hydrogens is 307 g/mol. The Balaban J connectivity index is 2.03. The summed E-state index contributed by atoms with van der Waals surface area (Å²) in [6.45, 7) is 0. The molecule has 0 amide bonds. The lowest BCUT2D eigenvalue weighted by atomic mass is 10.4. The van der Waals surface area contributed by atoms with Crippen molar-refractivity contribution in [2.24, 2.45) is 0 Å². The van der Waals surface area contributed by atoms with Crippen LogP contribution in [0.1, 0.15) is 0 Å². The Kier molecular flexibility index (Phi) is 3.43. The zero-order chi connectivity index (χ0) is 12.5. The summed E-state index contributed by atoms with van der Waals surface area (Å²) >= 11 is 14.9. The van der Waals surface area contributed by atoms with Crippen LogP contribution in [-0.4, -0.2) is 9.97 Å². The Morgan fingerprint density at radius 1 is 1.00 bits per heavy atom. The third kappa shape index (κ3) is 2.47. The quantitative estimate of drug-likeness (QED) is 0.483. The zero-order valence-corrected chi connectivity index (χ0v) is 12.1. The Morgan fingerprint density at radius 3 is 2.56 bits per heavy atom. The summed E-state index contributed by atoms with van der Waals surface area (Å²) in [4.78, 5) is 10.5. The van der Waals surface area contributed by atoms with Gasteiger partial charge in [-0.1, -0.05) is 23.4 Å². The molecule has 0 N–H and O–H groups in total. The van der Waals surface area contributed by atoms with Crippen LogP contribution in [0.3, 0.4) is 0 Å². The maximum Gasteiger partial charge on any atom is 0.224 e. The molecular formula is C12H6Cl2N2S2. The van der Waals surface area contributed by atoms with Gasteiger partial charge in [0, 0.05) is 15.3 Å². The van der Waals surface area contributed by atoms with E-state index in [-0.39, 0.29) is 5.28 Å². The molecule has 18 heavy (non-hydrogen) atoms. The summed E-state index contributed by atoms with van der Waals surface area (Å²) in [6, 6.07) is 9.64. The van der Waals surface area contributed by atoms with Crippen LogP contribution in [0, 0.1) is 0 Å². The summed E-state index contributed by atoms with van der Waals surface area (Å²) in [6.07, 6.45) is 0. The molecule has 0 bridgehead atoms. The lowest BCUT2D eigenvalue weighted by molar-refractivity contribution is 1.11. The first kappa shape index (κ1) is 12.2. The van der Waals surface area contributed by atoms with Crippen LogP contribution in [0.4, 0.5) is 0 Å². The minimum atomic E-state index is 0.279. The minimum Gasteiger partial charge on any atom is -0.210 e. The fourth-order valence-corrected chi connectivity index (χ4v) is 3.62. The van der Waals surface area contributed by atoms with E-state index in [0.29, 0.717) is 0 Å². The van der Waals surface area contributed by atoms with Gasteiger partial charge in [0.2, 0.25) is 5.28 Å². The number of rotatable bonds is 2. The van der Waals surface area contributed by atoms with Crippen LogP contribution in [0.25, 0.3) is 10.2 Å². The van der Waals surface area contributed by atoms with Crippen LogP contribution < -0.4 is 0 Å². The van der Waals surface area contributed by atoms with E-state index in [1.165, 1.54) is 0 Å². The number of hydrogen-bond acceptors (Lipinski definition) is 4. The average Bonchev–Trinajstić information content (AvgIpc) is 2.80. The van der Waals surface area contributed by atoms with Crippen LogP contribution in [-0.2, 0) is 0 Å². The zero-order valence-electron chi connectivity index (χ0n) is 8.93. The fraction of sp³-hybridized carbons (Fsp3) is 0. The van der Waals surface area contributed by atoms with Crippen molar-refractivity contribution in [2.75, 3.05) is 0 Å². The number of halogens is 2. The third-order valence-corrected chi connectivity index (χ3v) is 4.53. The van der Waals surface area contributed by atoms with Gasteiger partial charge >= 0.3 is 0 Å². The van der Waals surface area contributed by atoms with Crippen LogP contribution in [0.2, 0.25) is 10.3 Å². The molecule has 0 saturated heterocycles. The normalized spacial score (nSPS) is 11.0. The second kappa shape index (κ2) is 5.05. The first-order valence-electron chi connectivity index (χ1n) is 5.06. The van der Waals surface area contributed by atoms with E-state index in [0.717, 1.165) is 25.2 Å². The van der Waals surface area contributed by atoms with Gasteiger partial charge in [-0.2, -0.15) is 0 Å². The molecule has 90 valence electrons. The molecule has 0 aliphatic rings. The predicted molar refractivity (Wildman–Crippen MR) is 78.0 cm³/mol. The number of thiophene rings is 1. The molecule has 6 heteroatoms. The van der Waals surface area contributed by atoms with Crippen molar-refractivity contribution in [2.45, 2.75) is 9.92 Å². The largest absolute Gasteiger partial charge is 0.224 e. The van der Waals surface area contributed by atoms with Gasteiger partial charge in [-0.05, 0) is 47.3 Å². The molecule has 0 aliphatic carbocycles. The highest BCUT2D eigenvalue weighted by atomic mass is 35.5. The molecule has 0 aliphatic heterocycles.